The van der Waals surface area contributed by atoms with E-state index in [2.05, 4.69) is 20.3 Å². The fraction of sp³-hybridized carbons (Fsp3) is 0. The summed E-state index contributed by atoms with van der Waals surface area (Å²) in [6, 6.07) is 3.15. The maximum Gasteiger partial charge on any atom is 0.348 e. The van der Waals surface area contributed by atoms with E-state index < -0.39 is 10.6 Å². The van der Waals surface area contributed by atoms with Crippen molar-refractivity contribution in [1.29, 1.82) is 0 Å². The molecule has 0 fully saturated rings. The van der Waals surface area contributed by atoms with E-state index in [1.54, 1.807) is 12.1 Å². The van der Waals surface area contributed by atoms with Crippen LogP contribution in [0.15, 0.2) is 24.7 Å². The van der Waals surface area contributed by atoms with Crippen LogP contribution in [0, 0.1) is 10.1 Å². The molecule has 0 saturated carbocycles. The van der Waals surface area contributed by atoms with Gasteiger partial charge in [-0.2, -0.15) is 0 Å². The third-order valence-corrected chi connectivity index (χ3v) is 2.43. The zero-order valence-electron chi connectivity index (χ0n) is 8.67. The van der Waals surface area contributed by atoms with Gasteiger partial charge in [-0.25, -0.2) is 15.0 Å². The fourth-order valence-corrected chi connectivity index (χ4v) is 1.50. The van der Waals surface area contributed by atoms with Gasteiger partial charge >= 0.3 is 5.69 Å². The summed E-state index contributed by atoms with van der Waals surface area (Å²) in [5.41, 5.74) is -0.407. The molecule has 0 saturated heterocycles. The zero-order valence-corrected chi connectivity index (χ0v) is 10.2. The van der Waals surface area contributed by atoms with Gasteiger partial charge in [0.05, 0.1) is 9.95 Å². The Morgan fingerprint density at radius 1 is 1.22 bits per heavy atom. The Bertz CT molecular complexity index is 590. The molecule has 0 spiro atoms. The van der Waals surface area contributed by atoms with Crippen LogP contribution in [0.5, 0.6) is 0 Å². The van der Waals surface area contributed by atoms with E-state index in [0.717, 1.165) is 6.33 Å². The Labute approximate surface area is 111 Å². The number of aromatic nitrogens is 3. The standard InChI is InChI=1S/C9H5Cl2N5O2/c10-5-1-2-6(12-3-5)15-9-7(16(17)18)8(11)13-4-14-9/h1-4H,(H,12,13,14,15). The minimum atomic E-state index is -0.666. The highest BCUT2D eigenvalue weighted by atomic mass is 35.5. The first-order valence-corrected chi connectivity index (χ1v) is 5.37. The van der Waals surface area contributed by atoms with Gasteiger partial charge < -0.3 is 5.32 Å². The molecule has 0 bridgehead atoms. The minimum Gasteiger partial charge on any atom is -0.319 e. The van der Waals surface area contributed by atoms with E-state index in [1.807, 2.05) is 0 Å². The first kappa shape index (κ1) is 12.5. The van der Waals surface area contributed by atoms with Crippen LogP contribution in [0.1, 0.15) is 0 Å². The van der Waals surface area contributed by atoms with Crippen LogP contribution in [-0.2, 0) is 0 Å². The second-order valence-electron chi connectivity index (χ2n) is 3.11. The van der Waals surface area contributed by atoms with Gasteiger partial charge in [0.25, 0.3) is 0 Å². The molecule has 9 heteroatoms. The van der Waals surface area contributed by atoms with E-state index >= 15 is 0 Å². The van der Waals surface area contributed by atoms with Crippen molar-refractivity contribution < 1.29 is 4.92 Å². The Hall–Kier alpha value is -1.99. The smallest absolute Gasteiger partial charge is 0.319 e. The van der Waals surface area contributed by atoms with E-state index in [0.29, 0.717) is 10.8 Å². The lowest BCUT2D eigenvalue weighted by molar-refractivity contribution is -0.384. The minimum absolute atomic E-state index is 0.0326. The summed E-state index contributed by atoms with van der Waals surface area (Å²) in [5, 5.41) is 13.7. The summed E-state index contributed by atoms with van der Waals surface area (Å²) < 4.78 is 0. The summed E-state index contributed by atoms with van der Waals surface area (Å²) in [6.45, 7) is 0. The Morgan fingerprint density at radius 3 is 2.61 bits per heavy atom. The predicted octanol–water partition coefficient (Wildman–Crippen LogP) is 2.83. The molecule has 7 nitrogen and oxygen atoms in total. The molecule has 2 aromatic rings. The summed E-state index contributed by atoms with van der Waals surface area (Å²) in [5.74, 6) is 0.326. The quantitative estimate of drug-likeness (QED) is 0.529. The van der Waals surface area contributed by atoms with Gasteiger partial charge in [-0.3, -0.25) is 10.1 Å². The molecule has 2 rings (SSSR count). The maximum absolute atomic E-state index is 10.8. The van der Waals surface area contributed by atoms with Crippen LogP contribution in [0.4, 0.5) is 17.3 Å². The van der Waals surface area contributed by atoms with E-state index in [-0.39, 0.29) is 11.0 Å². The highest BCUT2D eigenvalue weighted by molar-refractivity contribution is 6.32. The molecule has 92 valence electrons. The van der Waals surface area contributed by atoms with Gasteiger partial charge in [-0.1, -0.05) is 23.2 Å². The van der Waals surface area contributed by atoms with Gasteiger partial charge in [0.15, 0.2) is 0 Å². The number of nitrogens with one attached hydrogen (secondary N) is 1. The second-order valence-corrected chi connectivity index (χ2v) is 3.90. The first-order chi connectivity index (χ1) is 8.58. The lowest BCUT2D eigenvalue weighted by Gasteiger charge is -2.05. The topological polar surface area (TPSA) is 93.8 Å². The Kier molecular flexibility index (Phi) is 3.54. The highest BCUT2D eigenvalue weighted by Crippen LogP contribution is 2.30. The molecule has 0 radical (unpaired) electrons. The Morgan fingerprint density at radius 2 is 2.00 bits per heavy atom. The van der Waals surface area contributed by atoms with Gasteiger partial charge in [0.1, 0.15) is 12.1 Å². The van der Waals surface area contributed by atoms with Crippen molar-refractivity contribution >= 4 is 40.5 Å². The predicted molar refractivity (Wildman–Crippen MR) is 66.2 cm³/mol. The number of nitrogens with zero attached hydrogens (tertiary/aromatic N) is 4. The number of hydrogen-bond acceptors (Lipinski definition) is 6. The summed E-state index contributed by atoms with van der Waals surface area (Å²) in [6.07, 6.45) is 2.52. The number of pyridine rings is 1. The molecule has 18 heavy (non-hydrogen) atoms. The number of nitro groups is 1. The van der Waals surface area contributed by atoms with Crippen molar-refractivity contribution in [3.63, 3.8) is 0 Å². The lowest BCUT2D eigenvalue weighted by Crippen LogP contribution is -2.02. The molecule has 1 N–H and O–H groups in total. The van der Waals surface area contributed by atoms with Crippen LogP contribution in [0.25, 0.3) is 0 Å². The molecular formula is C9H5Cl2N5O2. The first-order valence-electron chi connectivity index (χ1n) is 4.61. The van der Waals surface area contributed by atoms with Crippen LogP contribution >= 0.6 is 23.2 Å². The van der Waals surface area contributed by atoms with Gasteiger partial charge in [-0.15, -0.1) is 0 Å². The summed E-state index contributed by atoms with van der Waals surface area (Å²) in [7, 11) is 0. The van der Waals surface area contributed by atoms with Crippen LogP contribution < -0.4 is 5.32 Å². The molecule has 0 aliphatic heterocycles. The second kappa shape index (κ2) is 5.11. The third kappa shape index (κ3) is 2.63. The molecule has 0 aliphatic rings. The average molecular weight is 286 g/mol. The van der Waals surface area contributed by atoms with Crippen molar-refractivity contribution in [3.8, 4) is 0 Å². The Balaban J connectivity index is 2.37. The van der Waals surface area contributed by atoms with Crippen molar-refractivity contribution in [2.45, 2.75) is 0 Å². The van der Waals surface area contributed by atoms with E-state index in [1.165, 1.54) is 6.20 Å². The fourth-order valence-electron chi connectivity index (χ4n) is 1.18. The third-order valence-electron chi connectivity index (χ3n) is 1.93. The van der Waals surface area contributed by atoms with Gasteiger partial charge in [-0.05, 0) is 12.1 Å². The molecule has 0 unspecified atom stereocenters. The van der Waals surface area contributed by atoms with Crippen molar-refractivity contribution in [2.24, 2.45) is 0 Å². The molecule has 2 heterocycles. The lowest BCUT2D eigenvalue weighted by atomic mass is 10.4. The molecule has 0 aliphatic carbocycles. The van der Waals surface area contributed by atoms with E-state index in [9.17, 15) is 10.1 Å². The largest absolute Gasteiger partial charge is 0.348 e. The van der Waals surface area contributed by atoms with Crippen molar-refractivity contribution in [2.75, 3.05) is 5.32 Å². The highest BCUT2D eigenvalue weighted by Gasteiger charge is 2.21. The molecule has 0 aromatic carbocycles. The molecule has 0 amide bonds. The number of rotatable bonds is 3. The maximum atomic E-state index is 10.8. The SMILES string of the molecule is O=[N+]([O-])c1c(Cl)ncnc1Nc1ccc(Cl)cn1. The van der Waals surface area contributed by atoms with Gasteiger partial charge in [0, 0.05) is 6.20 Å². The molecular weight excluding hydrogens is 281 g/mol. The van der Waals surface area contributed by atoms with Gasteiger partial charge in [0.2, 0.25) is 11.0 Å². The van der Waals surface area contributed by atoms with Crippen LogP contribution in [-0.4, -0.2) is 19.9 Å². The van der Waals surface area contributed by atoms with Crippen molar-refractivity contribution in [3.05, 3.63) is 44.9 Å². The van der Waals surface area contributed by atoms with E-state index in [4.69, 9.17) is 23.2 Å². The zero-order chi connectivity index (χ0) is 13.1. The summed E-state index contributed by atoms with van der Waals surface area (Å²) >= 11 is 11.3. The van der Waals surface area contributed by atoms with Crippen LogP contribution in [0.3, 0.4) is 0 Å². The number of halogens is 2. The normalized spacial score (nSPS) is 10.1. The molecule has 0 atom stereocenters. The van der Waals surface area contributed by atoms with Crippen LogP contribution in [0.2, 0.25) is 10.2 Å². The molecule has 2 aromatic heterocycles. The van der Waals surface area contributed by atoms with Crippen molar-refractivity contribution in [1.82, 2.24) is 15.0 Å². The monoisotopic (exact) mass is 285 g/mol. The average Bonchev–Trinajstić information content (AvgIpc) is 2.32. The number of anilines is 2. The number of hydrogen-bond donors (Lipinski definition) is 1. The summed E-state index contributed by atoms with van der Waals surface area (Å²) in [4.78, 5) is 21.4.